The first kappa shape index (κ1) is 8.33. The zero-order valence-corrected chi connectivity index (χ0v) is 7.08. The van der Waals surface area contributed by atoms with Crippen molar-refractivity contribution in [3.8, 4) is 0 Å². The molecule has 0 aromatic heterocycles. The highest BCUT2D eigenvalue weighted by molar-refractivity contribution is 5.78. The number of rotatable bonds is 0. The Bertz CT molecular complexity index is 158. The maximum absolute atomic E-state index is 5.66. The fourth-order valence-electron chi connectivity index (χ4n) is 1.20. The van der Waals surface area contributed by atoms with Gasteiger partial charge in [0, 0.05) is 13.6 Å². The molecule has 4 heteroatoms. The summed E-state index contributed by atoms with van der Waals surface area (Å²) in [6.07, 6.45) is 0. The van der Waals surface area contributed by atoms with E-state index < -0.39 is 0 Å². The van der Waals surface area contributed by atoms with Crippen LogP contribution in [0.25, 0.3) is 0 Å². The zero-order chi connectivity index (χ0) is 8.27. The van der Waals surface area contributed by atoms with E-state index in [4.69, 9.17) is 10.5 Å². The molecule has 4 nitrogen and oxygen atoms in total. The van der Waals surface area contributed by atoms with Gasteiger partial charge >= 0.3 is 0 Å². The van der Waals surface area contributed by atoms with Crippen molar-refractivity contribution in [1.82, 2.24) is 4.90 Å². The van der Waals surface area contributed by atoms with Crippen molar-refractivity contribution in [1.29, 1.82) is 0 Å². The third kappa shape index (κ3) is 1.83. The Morgan fingerprint density at radius 3 is 3.00 bits per heavy atom. The predicted molar refractivity (Wildman–Crippen MR) is 44.5 cm³/mol. The molecule has 1 unspecified atom stereocenters. The highest BCUT2D eigenvalue weighted by Gasteiger charge is 2.19. The van der Waals surface area contributed by atoms with Crippen LogP contribution in [-0.2, 0) is 4.74 Å². The summed E-state index contributed by atoms with van der Waals surface area (Å²) in [5.74, 6) is 0.612. The number of hydrogen-bond acceptors (Lipinski definition) is 2. The minimum Gasteiger partial charge on any atom is -0.377 e. The Hall–Kier alpha value is -0.770. The molecule has 0 bridgehead atoms. The molecule has 0 aromatic carbocycles. The molecule has 0 radical (unpaired) electrons. The largest absolute Gasteiger partial charge is 0.377 e. The lowest BCUT2D eigenvalue weighted by Gasteiger charge is -2.33. The van der Waals surface area contributed by atoms with E-state index >= 15 is 0 Å². The van der Waals surface area contributed by atoms with Gasteiger partial charge < -0.3 is 15.4 Å². The molecule has 1 heterocycles. The van der Waals surface area contributed by atoms with Crippen molar-refractivity contribution in [2.75, 3.05) is 26.8 Å². The van der Waals surface area contributed by atoms with Crippen LogP contribution in [0.1, 0.15) is 6.92 Å². The van der Waals surface area contributed by atoms with Crippen LogP contribution < -0.4 is 5.73 Å². The lowest BCUT2D eigenvalue weighted by Crippen LogP contribution is -2.50. The van der Waals surface area contributed by atoms with Crippen LogP contribution in [0, 0.1) is 0 Å². The fraction of sp³-hybridized carbons (Fsp3) is 0.857. The maximum Gasteiger partial charge on any atom is 0.191 e. The molecule has 0 aromatic rings. The van der Waals surface area contributed by atoms with Gasteiger partial charge in [0.2, 0.25) is 0 Å². The molecule has 1 aliphatic heterocycles. The molecule has 1 atom stereocenters. The van der Waals surface area contributed by atoms with E-state index in [-0.39, 0.29) is 0 Å². The predicted octanol–water partition coefficient (Wildman–Crippen LogP) is -0.348. The van der Waals surface area contributed by atoms with Gasteiger partial charge in [-0.3, -0.25) is 4.99 Å². The topological polar surface area (TPSA) is 50.8 Å². The van der Waals surface area contributed by atoms with Crippen molar-refractivity contribution in [3.63, 3.8) is 0 Å². The van der Waals surface area contributed by atoms with Gasteiger partial charge in [0.05, 0.1) is 19.3 Å². The van der Waals surface area contributed by atoms with Gasteiger partial charge in [-0.25, -0.2) is 0 Å². The molecule has 1 saturated heterocycles. The van der Waals surface area contributed by atoms with E-state index in [0.717, 1.165) is 19.8 Å². The fourth-order valence-corrected chi connectivity index (χ4v) is 1.20. The third-order valence-electron chi connectivity index (χ3n) is 1.89. The Morgan fingerprint density at radius 2 is 2.45 bits per heavy atom. The molecule has 1 aliphatic rings. The quantitative estimate of drug-likeness (QED) is 0.386. The van der Waals surface area contributed by atoms with Gasteiger partial charge in [0.15, 0.2) is 5.96 Å². The average molecular weight is 157 g/mol. The number of nitrogens with two attached hydrogens (primary N) is 1. The van der Waals surface area contributed by atoms with E-state index in [2.05, 4.69) is 16.8 Å². The molecular formula is C7H15N3O. The highest BCUT2D eigenvalue weighted by Crippen LogP contribution is 2.04. The summed E-state index contributed by atoms with van der Waals surface area (Å²) >= 11 is 0. The van der Waals surface area contributed by atoms with Gasteiger partial charge in [-0.2, -0.15) is 0 Å². The molecule has 0 spiro atoms. The summed E-state index contributed by atoms with van der Waals surface area (Å²) in [5.41, 5.74) is 5.66. The summed E-state index contributed by atoms with van der Waals surface area (Å²) in [5, 5.41) is 0. The van der Waals surface area contributed by atoms with Crippen molar-refractivity contribution < 1.29 is 4.74 Å². The summed E-state index contributed by atoms with van der Waals surface area (Å²) in [7, 11) is 1.71. The van der Waals surface area contributed by atoms with Gasteiger partial charge in [0.1, 0.15) is 0 Å². The second-order valence-corrected chi connectivity index (χ2v) is 2.70. The number of ether oxygens (including phenoxy) is 1. The highest BCUT2D eigenvalue weighted by atomic mass is 16.5. The minimum absolute atomic E-state index is 0.354. The van der Waals surface area contributed by atoms with Crippen molar-refractivity contribution in [2.45, 2.75) is 13.0 Å². The van der Waals surface area contributed by atoms with Crippen molar-refractivity contribution in [2.24, 2.45) is 10.7 Å². The first-order valence-electron chi connectivity index (χ1n) is 3.82. The van der Waals surface area contributed by atoms with Crippen LogP contribution in [0.3, 0.4) is 0 Å². The van der Waals surface area contributed by atoms with E-state index in [1.165, 1.54) is 0 Å². The van der Waals surface area contributed by atoms with Crippen LogP contribution in [0.4, 0.5) is 0 Å². The average Bonchev–Trinajstić information content (AvgIpc) is 2.04. The van der Waals surface area contributed by atoms with Crippen LogP contribution in [-0.4, -0.2) is 43.7 Å². The third-order valence-corrected chi connectivity index (χ3v) is 1.89. The standard InChI is InChI=1S/C7H15N3O/c1-6-5-11-4-3-10(6)7(8)9-2/h6H,3-5H2,1-2H3,(H2,8,9). The molecule has 64 valence electrons. The SMILES string of the molecule is CN=C(N)N1CCOCC1C. The van der Waals surface area contributed by atoms with E-state index in [1.807, 2.05) is 0 Å². The lowest BCUT2D eigenvalue weighted by molar-refractivity contribution is 0.0326. The summed E-state index contributed by atoms with van der Waals surface area (Å²) in [6.45, 7) is 4.43. The molecule has 2 N–H and O–H groups in total. The Labute approximate surface area is 67.0 Å². The first-order chi connectivity index (χ1) is 5.25. The molecule has 0 aliphatic carbocycles. The van der Waals surface area contributed by atoms with Crippen molar-refractivity contribution in [3.05, 3.63) is 0 Å². The van der Waals surface area contributed by atoms with Crippen LogP contribution in [0.2, 0.25) is 0 Å². The molecule has 1 fully saturated rings. The molecule has 0 saturated carbocycles. The monoisotopic (exact) mass is 157 g/mol. The number of hydrogen-bond donors (Lipinski definition) is 1. The van der Waals surface area contributed by atoms with Gasteiger partial charge in [0.25, 0.3) is 0 Å². The first-order valence-corrected chi connectivity index (χ1v) is 3.82. The Kier molecular flexibility index (Phi) is 2.70. The van der Waals surface area contributed by atoms with E-state index in [0.29, 0.717) is 12.0 Å². The van der Waals surface area contributed by atoms with Crippen LogP contribution >= 0.6 is 0 Å². The smallest absolute Gasteiger partial charge is 0.191 e. The van der Waals surface area contributed by atoms with Gasteiger partial charge in [-0.1, -0.05) is 0 Å². The van der Waals surface area contributed by atoms with Gasteiger partial charge in [-0.15, -0.1) is 0 Å². The molecule has 0 amide bonds. The maximum atomic E-state index is 5.66. The van der Waals surface area contributed by atoms with E-state index in [9.17, 15) is 0 Å². The summed E-state index contributed by atoms with van der Waals surface area (Å²) < 4.78 is 5.25. The second-order valence-electron chi connectivity index (χ2n) is 2.70. The van der Waals surface area contributed by atoms with E-state index in [1.54, 1.807) is 7.05 Å². The number of aliphatic imine (C=N–C) groups is 1. The summed E-state index contributed by atoms with van der Waals surface area (Å²) in [4.78, 5) is 5.99. The molecular weight excluding hydrogens is 142 g/mol. The Balaban J connectivity index is 2.54. The van der Waals surface area contributed by atoms with Crippen LogP contribution in [0.15, 0.2) is 4.99 Å². The number of nitrogens with zero attached hydrogens (tertiary/aromatic N) is 2. The normalized spacial score (nSPS) is 27.3. The van der Waals surface area contributed by atoms with Crippen LogP contribution in [0.5, 0.6) is 0 Å². The molecule has 1 rings (SSSR count). The molecule has 11 heavy (non-hydrogen) atoms. The van der Waals surface area contributed by atoms with Gasteiger partial charge in [-0.05, 0) is 6.92 Å². The lowest BCUT2D eigenvalue weighted by atomic mass is 10.3. The van der Waals surface area contributed by atoms with Crippen molar-refractivity contribution >= 4 is 5.96 Å². The Morgan fingerprint density at radius 1 is 1.73 bits per heavy atom. The summed E-state index contributed by atoms with van der Waals surface area (Å²) in [6, 6.07) is 0.354. The minimum atomic E-state index is 0.354. The number of guanidine groups is 1. The number of morpholine rings is 1. The second kappa shape index (κ2) is 3.57. The zero-order valence-electron chi connectivity index (χ0n) is 7.08.